The molecule has 3 aromatic rings. The number of aromatic nitrogens is 4. The van der Waals surface area contributed by atoms with Crippen molar-refractivity contribution in [2.45, 2.75) is 32.3 Å². The molecule has 2 aromatic heterocycles. The van der Waals surface area contributed by atoms with Gasteiger partial charge in [-0.3, -0.25) is 4.68 Å². The molecule has 0 saturated carbocycles. The first-order valence-electron chi connectivity index (χ1n) is 7.74. The van der Waals surface area contributed by atoms with Gasteiger partial charge < -0.3 is 9.26 Å². The highest BCUT2D eigenvalue weighted by molar-refractivity contribution is 5.38. The SMILES string of the molecule is Cc1ccc2c(c1)CCC(c1nc(Cc3ccnn3C)no1)O2. The Kier molecular flexibility index (Phi) is 3.37. The second-order valence-electron chi connectivity index (χ2n) is 5.93. The van der Waals surface area contributed by atoms with Gasteiger partial charge in [0.2, 0.25) is 0 Å². The van der Waals surface area contributed by atoms with Gasteiger partial charge in [-0.25, -0.2) is 0 Å². The fraction of sp³-hybridized carbons (Fsp3) is 0.353. The minimum absolute atomic E-state index is 0.169. The van der Waals surface area contributed by atoms with E-state index < -0.39 is 0 Å². The summed E-state index contributed by atoms with van der Waals surface area (Å²) < 4.78 is 13.3. The van der Waals surface area contributed by atoms with Crippen molar-refractivity contribution in [1.82, 2.24) is 19.9 Å². The van der Waals surface area contributed by atoms with Crippen LogP contribution >= 0.6 is 0 Å². The van der Waals surface area contributed by atoms with Crippen LogP contribution in [-0.2, 0) is 19.9 Å². The number of aryl methyl sites for hydroxylation is 3. The Morgan fingerprint density at radius 2 is 2.22 bits per heavy atom. The lowest BCUT2D eigenvalue weighted by atomic mass is 10.0. The molecule has 1 aromatic carbocycles. The highest BCUT2D eigenvalue weighted by Gasteiger charge is 2.26. The van der Waals surface area contributed by atoms with Crippen molar-refractivity contribution >= 4 is 0 Å². The molecule has 1 aliphatic rings. The van der Waals surface area contributed by atoms with E-state index in [1.54, 1.807) is 6.20 Å². The van der Waals surface area contributed by atoms with E-state index >= 15 is 0 Å². The number of rotatable bonds is 3. The highest BCUT2D eigenvalue weighted by Crippen LogP contribution is 2.34. The van der Waals surface area contributed by atoms with E-state index in [4.69, 9.17) is 9.26 Å². The third kappa shape index (κ3) is 2.72. The van der Waals surface area contributed by atoms with Gasteiger partial charge in [0.25, 0.3) is 5.89 Å². The van der Waals surface area contributed by atoms with Gasteiger partial charge in [0.1, 0.15) is 5.75 Å². The van der Waals surface area contributed by atoms with Crippen LogP contribution in [0.15, 0.2) is 35.0 Å². The summed E-state index contributed by atoms with van der Waals surface area (Å²) in [4.78, 5) is 4.50. The van der Waals surface area contributed by atoms with Gasteiger partial charge in [-0.05, 0) is 37.5 Å². The van der Waals surface area contributed by atoms with Crippen molar-refractivity contribution in [2.75, 3.05) is 0 Å². The van der Waals surface area contributed by atoms with Crippen molar-refractivity contribution in [3.8, 4) is 5.75 Å². The summed E-state index contributed by atoms with van der Waals surface area (Å²) in [5, 5.41) is 8.22. The third-order valence-electron chi connectivity index (χ3n) is 4.18. The van der Waals surface area contributed by atoms with Crippen LogP contribution < -0.4 is 4.74 Å². The summed E-state index contributed by atoms with van der Waals surface area (Å²) in [5.41, 5.74) is 3.54. The van der Waals surface area contributed by atoms with Crippen molar-refractivity contribution in [3.63, 3.8) is 0 Å². The van der Waals surface area contributed by atoms with E-state index in [2.05, 4.69) is 34.3 Å². The monoisotopic (exact) mass is 310 g/mol. The first-order valence-corrected chi connectivity index (χ1v) is 7.74. The standard InChI is InChI=1S/C17H18N4O2/c1-11-3-5-14-12(9-11)4-6-15(22-14)17-19-16(20-23-17)10-13-7-8-18-21(13)2/h3,5,7-9,15H,4,6,10H2,1-2H3. The molecule has 1 atom stereocenters. The number of benzene rings is 1. The van der Waals surface area contributed by atoms with Gasteiger partial charge in [-0.15, -0.1) is 0 Å². The Morgan fingerprint density at radius 3 is 3.04 bits per heavy atom. The van der Waals surface area contributed by atoms with E-state index in [1.807, 2.05) is 23.9 Å². The van der Waals surface area contributed by atoms with E-state index in [1.165, 1.54) is 11.1 Å². The molecule has 0 bridgehead atoms. The molecule has 0 N–H and O–H groups in total. The average molecular weight is 310 g/mol. The van der Waals surface area contributed by atoms with Gasteiger partial charge in [0.05, 0.1) is 6.42 Å². The molecule has 4 rings (SSSR count). The zero-order chi connectivity index (χ0) is 15.8. The molecule has 3 heterocycles. The summed E-state index contributed by atoms with van der Waals surface area (Å²) in [6, 6.07) is 8.20. The van der Waals surface area contributed by atoms with Crippen LogP contribution in [0.3, 0.4) is 0 Å². The Morgan fingerprint density at radius 1 is 1.30 bits per heavy atom. The van der Waals surface area contributed by atoms with Crippen LogP contribution in [0, 0.1) is 6.92 Å². The Labute approximate surface area is 134 Å². The van der Waals surface area contributed by atoms with Crippen molar-refractivity contribution in [1.29, 1.82) is 0 Å². The molecule has 6 heteroatoms. The topological polar surface area (TPSA) is 66.0 Å². The van der Waals surface area contributed by atoms with Gasteiger partial charge in [-0.2, -0.15) is 10.1 Å². The number of fused-ring (bicyclic) bond motifs is 1. The lowest BCUT2D eigenvalue weighted by molar-refractivity contribution is 0.135. The summed E-state index contributed by atoms with van der Waals surface area (Å²) in [6.45, 7) is 2.09. The molecule has 0 saturated heterocycles. The lowest BCUT2D eigenvalue weighted by Crippen LogP contribution is -2.15. The van der Waals surface area contributed by atoms with Crippen molar-refractivity contribution in [3.05, 3.63) is 59.0 Å². The van der Waals surface area contributed by atoms with E-state index in [0.29, 0.717) is 18.1 Å². The largest absolute Gasteiger partial charge is 0.480 e. The predicted octanol–water partition coefficient (Wildman–Crippen LogP) is 2.77. The molecule has 118 valence electrons. The number of hydrogen-bond acceptors (Lipinski definition) is 5. The molecule has 0 radical (unpaired) electrons. The summed E-state index contributed by atoms with van der Waals surface area (Å²) in [7, 11) is 1.90. The minimum Gasteiger partial charge on any atom is -0.480 e. The molecule has 6 nitrogen and oxygen atoms in total. The molecular formula is C17H18N4O2. The molecule has 0 fully saturated rings. The molecule has 23 heavy (non-hydrogen) atoms. The van der Waals surface area contributed by atoms with Crippen LogP contribution in [-0.4, -0.2) is 19.9 Å². The number of hydrogen-bond donors (Lipinski definition) is 0. The highest BCUT2D eigenvalue weighted by atomic mass is 16.5. The fourth-order valence-electron chi connectivity index (χ4n) is 2.90. The average Bonchev–Trinajstić information content (AvgIpc) is 3.17. The molecule has 0 amide bonds. The number of ether oxygens (including phenoxy) is 1. The lowest BCUT2D eigenvalue weighted by Gasteiger charge is -2.23. The van der Waals surface area contributed by atoms with E-state index in [-0.39, 0.29) is 6.10 Å². The van der Waals surface area contributed by atoms with Crippen molar-refractivity contribution < 1.29 is 9.26 Å². The molecule has 0 spiro atoms. The van der Waals surface area contributed by atoms with Crippen LogP contribution in [0.2, 0.25) is 0 Å². The van der Waals surface area contributed by atoms with E-state index in [0.717, 1.165) is 24.3 Å². The third-order valence-corrected chi connectivity index (χ3v) is 4.18. The maximum atomic E-state index is 6.03. The maximum Gasteiger partial charge on any atom is 0.267 e. The van der Waals surface area contributed by atoms with Crippen LogP contribution in [0.1, 0.15) is 41.1 Å². The zero-order valence-electron chi connectivity index (χ0n) is 13.2. The van der Waals surface area contributed by atoms with Gasteiger partial charge in [0, 0.05) is 18.9 Å². The molecular weight excluding hydrogens is 292 g/mol. The maximum absolute atomic E-state index is 6.03. The Bertz CT molecular complexity index is 837. The smallest absolute Gasteiger partial charge is 0.267 e. The number of nitrogens with zero attached hydrogens (tertiary/aromatic N) is 4. The second kappa shape index (κ2) is 5.53. The first kappa shape index (κ1) is 14.0. The summed E-state index contributed by atoms with van der Waals surface area (Å²) >= 11 is 0. The predicted molar refractivity (Wildman–Crippen MR) is 83.2 cm³/mol. The Balaban J connectivity index is 1.51. The fourth-order valence-corrected chi connectivity index (χ4v) is 2.90. The molecule has 1 aliphatic heterocycles. The van der Waals surface area contributed by atoms with Crippen molar-refractivity contribution in [2.24, 2.45) is 7.05 Å². The van der Waals surface area contributed by atoms with Gasteiger partial charge in [0.15, 0.2) is 11.9 Å². The van der Waals surface area contributed by atoms with Gasteiger partial charge >= 0.3 is 0 Å². The first-order chi connectivity index (χ1) is 11.2. The summed E-state index contributed by atoms with van der Waals surface area (Å²) in [5.74, 6) is 2.12. The van der Waals surface area contributed by atoms with Crippen LogP contribution in [0.5, 0.6) is 5.75 Å². The molecule has 0 aliphatic carbocycles. The Hall–Kier alpha value is -2.63. The molecule has 1 unspecified atom stereocenters. The normalized spacial score (nSPS) is 16.9. The van der Waals surface area contributed by atoms with Crippen LogP contribution in [0.4, 0.5) is 0 Å². The minimum atomic E-state index is -0.169. The second-order valence-corrected chi connectivity index (χ2v) is 5.93. The van der Waals surface area contributed by atoms with Crippen LogP contribution in [0.25, 0.3) is 0 Å². The van der Waals surface area contributed by atoms with Gasteiger partial charge in [-0.1, -0.05) is 22.9 Å². The quantitative estimate of drug-likeness (QED) is 0.744. The summed E-state index contributed by atoms with van der Waals surface area (Å²) in [6.07, 6.45) is 4.01. The zero-order valence-corrected chi connectivity index (χ0v) is 13.2. The van der Waals surface area contributed by atoms with E-state index in [9.17, 15) is 0 Å².